The van der Waals surface area contributed by atoms with Gasteiger partial charge in [0.1, 0.15) is 0 Å². The molecule has 2 nitrogen and oxygen atoms in total. The fraction of sp³-hybridized carbons (Fsp3) is 0.667. The summed E-state index contributed by atoms with van der Waals surface area (Å²) in [5.41, 5.74) is 1.95. The molecule has 5 heteroatoms. The van der Waals surface area contributed by atoms with Crippen LogP contribution >= 0.6 is 11.6 Å². The van der Waals surface area contributed by atoms with Crippen LogP contribution in [0.4, 0.5) is 8.78 Å². The lowest BCUT2D eigenvalue weighted by molar-refractivity contribution is 0.0471. The van der Waals surface area contributed by atoms with Crippen molar-refractivity contribution in [1.82, 2.24) is 5.43 Å². The summed E-state index contributed by atoms with van der Waals surface area (Å²) < 4.78 is 24.6. The zero-order valence-electron chi connectivity index (χ0n) is 5.99. The molecule has 0 bridgehead atoms. The van der Waals surface area contributed by atoms with Gasteiger partial charge in [-0.3, -0.25) is 5.84 Å². The van der Waals surface area contributed by atoms with E-state index in [9.17, 15) is 8.78 Å². The molecular formula is C6H11ClF2N2. The Kier molecular flexibility index (Phi) is 4.56. The van der Waals surface area contributed by atoms with Crippen LogP contribution in [0.25, 0.3) is 0 Å². The van der Waals surface area contributed by atoms with Crippen LogP contribution in [0, 0.1) is 0 Å². The molecule has 0 saturated carbocycles. The number of hydrazine groups is 1. The minimum Gasteiger partial charge on any atom is -0.271 e. The average molecular weight is 185 g/mol. The van der Waals surface area contributed by atoms with Gasteiger partial charge in [0.15, 0.2) is 0 Å². The second kappa shape index (κ2) is 4.64. The highest BCUT2D eigenvalue weighted by Gasteiger charge is 2.35. The molecule has 0 rings (SSSR count). The fourth-order valence-corrected chi connectivity index (χ4v) is 0.798. The highest BCUT2D eigenvalue weighted by molar-refractivity contribution is 6.22. The highest BCUT2D eigenvalue weighted by Crippen LogP contribution is 2.25. The summed E-state index contributed by atoms with van der Waals surface area (Å²) in [7, 11) is 0. The molecule has 0 aromatic rings. The molecule has 0 aliphatic rings. The second-order valence-electron chi connectivity index (χ2n) is 2.13. The number of nitrogens with two attached hydrogens (primary N) is 1. The molecule has 0 spiro atoms. The number of hydrogen-bond donors (Lipinski definition) is 2. The molecule has 0 aromatic heterocycles. The molecule has 1 atom stereocenters. The van der Waals surface area contributed by atoms with E-state index in [0.29, 0.717) is 6.42 Å². The third-order valence-electron chi connectivity index (χ3n) is 1.26. The first-order valence-corrected chi connectivity index (χ1v) is 3.54. The smallest absolute Gasteiger partial charge is 0.271 e. The van der Waals surface area contributed by atoms with Gasteiger partial charge in [-0.2, -0.15) is 8.78 Å². The summed E-state index contributed by atoms with van der Waals surface area (Å²) in [5, 5.41) is -3.29. The van der Waals surface area contributed by atoms with Gasteiger partial charge in [0.2, 0.25) is 0 Å². The van der Waals surface area contributed by atoms with Crippen molar-refractivity contribution in [2.75, 3.05) is 0 Å². The number of alkyl halides is 3. The Balaban J connectivity index is 3.85. The fourth-order valence-electron chi connectivity index (χ4n) is 0.626. The van der Waals surface area contributed by atoms with E-state index in [4.69, 9.17) is 17.4 Å². The van der Waals surface area contributed by atoms with Crippen LogP contribution in [0.3, 0.4) is 0 Å². The second-order valence-corrected chi connectivity index (χ2v) is 2.63. The molecule has 0 aromatic carbocycles. The average Bonchev–Trinajstić information content (AvgIpc) is 1.87. The van der Waals surface area contributed by atoms with Crippen molar-refractivity contribution in [2.45, 2.75) is 24.3 Å². The molecule has 0 aliphatic heterocycles. The molecule has 11 heavy (non-hydrogen) atoms. The summed E-state index contributed by atoms with van der Waals surface area (Å²) in [5.74, 6) is 4.85. The van der Waals surface area contributed by atoms with E-state index >= 15 is 0 Å². The van der Waals surface area contributed by atoms with E-state index in [1.165, 1.54) is 6.08 Å². The van der Waals surface area contributed by atoms with Gasteiger partial charge in [-0.05, 0) is 24.4 Å². The molecule has 0 saturated heterocycles. The highest BCUT2D eigenvalue weighted by atomic mass is 35.5. The zero-order valence-corrected chi connectivity index (χ0v) is 6.74. The molecule has 3 N–H and O–H groups in total. The molecule has 1 unspecified atom stereocenters. The number of nitrogens with one attached hydrogen (secondary N) is 1. The van der Waals surface area contributed by atoms with E-state index in [0.717, 1.165) is 0 Å². The topological polar surface area (TPSA) is 38.0 Å². The molecule has 0 aliphatic carbocycles. The predicted molar refractivity (Wildman–Crippen MR) is 41.3 cm³/mol. The Labute approximate surface area is 69.4 Å². The van der Waals surface area contributed by atoms with Crippen molar-refractivity contribution in [1.29, 1.82) is 0 Å². The zero-order chi connectivity index (χ0) is 8.91. The summed E-state index contributed by atoms with van der Waals surface area (Å²) in [6.45, 7) is 3.39. The number of hydrogen-bond acceptors (Lipinski definition) is 2. The van der Waals surface area contributed by atoms with Crippen molar-refractivity contribution in [3.63, 3.8) is 0 Å². The Morgan fingerprint density at radius 3 is 2.55 bits per heavy atom. The predicted octanol–water partition coefficient (Wildman–Crippen LogP) is 1.62. The monoisotopic (exact) mass is 184 g/mol. The van der Waals surface area contributed by atoms with Gasteiger partial charge < -0.3 is 0 Å². The summed E-state index contributed by atoms with van der Waals surface area (Å²) in [4.78, 5) is 0. The van der Waals surface area contributed by atoms with Gasteiger partial charge in [-0.1, -0.05) is 6.08 Å². The first-order chi connectivity index (χ1) is 5.02. The van der Waals surface area contributed by atoms with E-state index < -0.39 is 11.4 Å². The van der Waals surface area contributed by atoms with Gasteiger partial charge in [-0.15, -0.1) is 6.58 Å². The molecule has 0 radical (unpaired) electrons. The molecule has 0 fully saturated rings. The molecule has 0 amide bonds. The molecule has 0 heterocycles. The van der Waals surface area contributed by atoms with Gasteiger partial charge in [0.05, 0.1) is 6.04 Å². The first kappa shape index (κ1) is 10.8. The minimum atomic E-state index is -3.29. The summed E-state index contributed by atoms with van der Waals surface area (Å²) in [6.07, 6.45) is 2.17. The van der Waals surface area contributed by atoms with Crippen LogP contribution < -0.4 is 11.3 Å². The lowest BCUT2D eigenvalue weighted by Crippen LogP contribution is -2.45. The lowest BCUT2D eigenvalue weighted by atomic mass is 10.2. The normalized spacial score (nSPS) is 14.5. The van der Waals surface area contributed by atoms with Crippen LogP contribution in [0.1, 0.15) is 12.8 Å². The quantitative estimate of drug-likeness (QED) is 0.295. The largest absolute Gasteiger partial charge is 0.338 e. The number of allylic oxidation sites excluding steroid dienone is 1. The van der Waals surface area contributed by atoms with E-state index in [1.54, 1.807) is 0 Å². The van der Waals surface area contributed by atoms with Crippen LogP contribution in [0.15, 0.2) is 12.7 Å². The maximum absolute atomic E-state index is 12.3. The van der Waals surface area contributed by atoms with Crippen LogP contribution in [-0.2, 0) is 0 Å². The van der Waals surface area contributed by atoms with Crippen molar-refractivity contribution in [2.24, 2.45) is 5.84 Å². The number of rotatable bonds is 5. The van der Waals surface area contributed by atoms with Crippen molar-refractivity contribution in [3.8, 4) is 0 Å². The van der Waals surface area contributed by atoms with E-state index in [2.05, 4.69) is 6.58 Å². The Hall–Kier alpha value is -0.190. The molecule has 66 valence electrons. The first-order valence-electron chi connectivity index (χ1n) is 3.16. The van der Waals surface area contributed by atoms with Crippen LogP contribution in [0.5, 0.6) is 0 Å². The van der Waals surface area contributed by atoms with Gasteiger partial charge in [0, 0.05) is 0 Å². The van der Waals surface area contributed by atoms with Crippen LogP contribution in [-0.4, -0.2) is 11.4 Å². The summed E-state index contributed by atoms with van der Waals surface area (Å²) >= 11 is 4.72. The maximum atomic E-state index is 12.3. The Bertz CT molecular complexity index is 124. The van der Waals surface area contributed by atoms with Crippen LogP contribution in [0.2, 0.25) is 0 Å². The third kappa shape index (κ3) is 4.29. The maximum Gasteiger partial charge on any atom is 0.338 e. The summed E-state index contributed by atoms with van der Waals surface area (Å²) in [6, 6.07) is -1.19. The number of halogens is 3. The van der Waals surface area contributed by atoms with E-state index in [-0.39, 0.29) is 6.42 Å². The van der Waals surface area contributed by atoms with Gasteiger partial charge in [0.25, 0.3) is 0 Å². The van der Waals surface area contributed by atoms with Crippen molar-refractivity contribution in [3.05, 3.63) is 12.7 Å². The standard InChI is InChI=1S/C6H11ClF2N2/c1-2-3-4-5(11-10)6(7,8)9/h2,5,11H,1,3-4,10H2. The van der Waals surface area contributed by atoms with Gasteiger partial charge >= 0.3 is 5.38 Å². The SMILES string of the molecule is C=CCCC(NN)C(F)(F)Cl. The lowest BCUT2D eigenvalue weighted by Gasteiger charge is -2.19. The van der Waals surface area contributed by atoms with Gasteiger partial charge in [-0.25, -0.2) is 5.43 Å². The minimum absolute atomic E-state index is 0.177. The Morgan fingerprint density at radius 2 is 2.27 bits per heavy atom. The van der Waals surface area contributed by atoms with Crippen molar-refractivity contribution < 1.29 is 8.78 Å². The third-order valence-corrected chi connectivity index (χ3v) is 1.52. The van der Waals surface area contributed by atoms with Crippen molar-refractivity contribution >= 4 is 11.6 Å². The Morgan fingerprint density at radius 1 is 1.73 bits per heavy atom. The van der Waals surface area contributed by atoms with E-state index in [1.807, 2.05) is 5.43 Å². The molecular weight excluding hydrogens is 174 g/mol.